The van der Waals surface area contributed by atoms with Crippen molar-refractivity contribution in [3.05, 3.63) is 59.9 Å². The minimum atomic E-state index is -0.165. The predicted molar refractivity (Wildman–Crippen MR) is 76.4 cm³/mol. The minimum Gasteiger partial charge on any atom is -0.495 e. The van der Waals surface area contributed by atoms with Crippen LogP contribution in [0.3, 0.4) is 0 Å². The summed E-state index contributed by atoms with van der Waals surface area (Å²) in [7, 11) is 1.60. The van der Waals surface area contributed by atoms with E-state index < -0.39 is 0 Å². The molecular weight excluding hydrogens is 252 g/mol. The number of aromatic nitrogens is 1. The van der Waals surface area contributed by atoms with Crippen LogP contribution in [0.15, 0.2) is 48.8 Å². The molecular formula is C16H14N2O2. The first-order valence-corrected chi connectivity index (χ1v) is 6.11. The summed E-state index contributed by atoms with van der Waals surface area (Å²) in [6, 6.07) is 10.8. The van der Waals surface area contributed by atoms with E-state index in [1.807, 2.05) is 24.3 Å². The van der Waals surface area contributed by atoms with Crippen LogP contribution < -0.4 is 10.1 Å². The summed E-state index contributed by atoms with van der Waals surface area (Å²) in [4.78, 5) is 15.6. The van der Waals surface area contributed by atoms with Gasteiger partial charge in [0, 0.05) is 18.0 Å². The predicted octanol–water partition coefficient (Wildman–Crippen LogP) is 1.87. The molecule has 4 nitrogen and oxygen atoms in total. The van der Waals surface area contributed by atoms with Crippen molar-refractivity contribution in [1.82, 2.24) is 10.3 Å². The highest BCUT2D eigenvalue weighted by Gasteiger charge is 2.02. The zero-order valence-corrected chi connectivity index (χ0v) is 11.1. The number of para-hydroxylation sites is 1. The van der Waals surface area contributed by atoms with Gasteiger partial charge in [0.05, 0.1) is 19.2 Å². The van der Waals surface area contributed by atoms with Gasteiger partial charge in [-0.05, 0) is 24.3 Å². The molecule has 0 atom stereocenters. The molecule has 0 aliphatic carbocycles. The Hall–Kier alpha value is -2.80. The lowest BCUT2D eigenvalue weighted by molar-refractivity contribution is 0.0958. The van der Waals surface area contributed by atoms with Crippen LogP contribution in [-0.2, 0) is 0 Å². The molecule has 0 saturated carbocycles. The van der Waals surface area contributed by atoms with E-state index in [0.717, 1.165) is 11.3 Å². The van der Waals surface area contributed by atoms with E-state index in [4.69, 9.17) is 4.74 Å². The van der Waals surface area contributed by atoms with Gasteiger partial charge >= 0.3 is 0 Å². The van der Waals surface area contributed by atoms with Gasteiger partial charge < -0.3 is 10.1 Å². The van der Waals surface area contributed by atoms with Gasteiger partial charge in [0.2, 0.25) is 0 Å². The third-order valence-electron chi connectivity index (χ3n) is 2.61. The summed E-state index contributed by atoms with van der Waals surface area (Å²) in [5.41, 5.74) is 1.37. The fourth-order valence-corrected chi connectivity index (χ4v) is 1.62. The number of benzene rings is 1. The van der Waals surface area contributed by atoms with Gasteiger partial charge in [-0.2, -0.15) is 0 Å². The molecule has 0 saturated heterocycles. The molecule has 0 spiro atoms. The van der Waals surface area contributed by atoms with Gasteiger partial charge in [0.15, 0.2) is 0 Å². The van der Waals surface area contributed by atoms with E-state index in [1.165, 1.54) is 0 Å². The van der Waals surface area contributed by atoms with E-state index in [-0.39, 0.29) is 12.5 Å². The second kappa shape index (κ2) is 6.95. The van der Waals surface area contributed by atoms with Crippen molar-refractivity contribution in [3.63, 3.8) is 0 Å². The van der Waals surface area contributed by atoms with Crippen molar-refractivity contribution in [2.45, 2.75) is 0 Å². The summed E-state index contributed by atoms with van der Waals surface area (Å²) in [6.45, 7) is 0.277. The molecule has 2 rings (SSSR count). The molecule has 1 aromatic heterocycles. The lowest BCUT2D eigenvalue weighted by atomic mass is 10.2. The van der Waals surface area contributed by atoms with Crippen LogP contribution in [0, 0.1) is 11.8 Å². The second-order valence-electron chi connectivity index (χ2n) is 3.92. The lowest BCUT2D eigenvalue weighted by Gasteiger charge is -2.01. The number of pyridine rings is 1. The van der Waals surface area contributed by atoms with Crippen LogP contribution >= 0.6 is 0 Å². The van der Waals surface area contributed by atoms with Crippen molar-refractivity contribution in [2.24, 2.45) is 0 Å². The van der Waals surface area contributed by atoms with Crippen molar-refractivity contribution in [2.75, 3.05) is 13.7 Å². The van der Waals surface area contributed by atoms with E-state index in [0.29, 0.717) is 5.56 Å². The summed E-state index contributed by atoms with van der Waals surface area (Å²) < 4.78 is 5.20. The first-order valence-electron chi connectivity index (χ1n) is 6.11. The highest BCUT2D eigenvalue weighted by atomic mass is 16.5. The molecule has 100 valence electrons. The van der Waals surface area contributed by atoms with Gasteiger partial charge in [-0.3, -0.25) is 9.78 Å². The Morgan fingerprint density at radius 3 is 2.75 bits per heavy atom. The first kappa shape index (κ1) is 13.6. The van der Waals surface area contributed by atoms with Crippen molar-refractivity contribution in [1.29, 1.82) is 0 Å². The van der Waals surface area contributed by atoms with E-state index >= 15 is 0 Å². The standard InChI is InChI=1S/C16H14N2O2/c1-20-15-7-3-2-5-13(15)6-4-10-18-16(19)14-8-11-17-12-9-14/h2-3,5,7-9,11-12H,10H2,1H3,(H,18,19). The molecule has 1 amide bonds. The Morgan fingerprint density at radius 1 is 1.25 bits per heavy atom. The third kappa shape index (κ3) is 3.59. The van der Waals surface area contributed by atoms with Gasteiger partial charge in [-0.15, -0.1) is 0 Å². The van der Waals surface area contributed by atoms with Crippen molar-refractivity contribution >= 4 is 5.91 Å². The summed E-state index contributed by atoms with van der Waals surface area (Å²) in [5.74, 6) is 6.43. The molecule has 1 aromatic carbocycles. The molecule has 0 unspecified atom stereocenters. The summed E-state index contributed by atoms with van der Waals surface area (Å²) in [5, 5.41) is 2.73. The topological polar surface area (TPSA) is 51.2 Å². The Labute approximate surface area is 117 Å². The van der Waals surface area contributed by atoms with Gasteiger partial charge in [-0.1, -0.05) is 24.0 Å². The number of carbonyl (C=O) groups is 1. The molecule has 0 fully saturated rings. The lowest BCUT2D eigenvalue weighted by Crippen LogP contribution is -2.23. The Balaban J connectivity index is 1.94. The Kier molecular flexibility index (Phi) is 4.74. The number of amides is 1. The van der Waals surface area contributed by atoms with E-state index in [2.05, 4.69) is 22.1 Å². The SMILES string of the molecule is COc1ccccc1C#CCNC(=O)c1ccncc1. The van der Waals surface area contributed by atoms with Crippen molar-refractivity contribution < 1.29 is 9.53 Å². The first-order chi connectivity index (χ1) is 9.81. The molecule has 20 heavy (non-hydrogen) atoms. The number of methoxy groups -OCH3 is 1. The van der Waals surface area contributed by atoms with Crippen LogP contribution in [0.4, 0.5) is 0 Å². The third-order valence-corrected chi connectivity index (χ3v) is 2.61. The van der Waals surface area contributed by atoms with Crippen LogP contribution in [0.25, 0.3) is 0 Å². The van der Waals surface area contributed by atoms with E-state index in [1.54, 1.807) is 31.6 Å². The average molecular weight is 266 g/mol. The monoisotopic (exact) mass is 266 g/mol. The highest BCUT2D eigenvalue weighted by Crippen LogP contribution is 2.15. The van der Waals surface area contributed by atoms with Crippen LogP contribution in [0.1, 0.15) is 15.9 Å². The Morgan fingerprint density at radius 2 is 2.00 bits per heavy atom. The quantitative estimate of drug-likeness (QED) is 0.863. The zero-order chi connectivity index (χ0) is 14.2. The van der Waals surface area contributed by atoms with Gasteiger partial charge in [0.1, 0.15) is 5.75 Å². The zero-order valence-electron chi connectivity index (χ0n) is 11.1. The fraction of sp³-hybridized carbons (Fsp3) is 0.125. The number of ether oxygens (including phenoxy) is 1. The summed E-state index contributed by atoms with van der Waals surface area (Å²) >= 11 is 0. The molecule has 4 heteroatoms. The highest BCUT2D eigenvalue weighted by molar-refractivity contribution is 5.94. The van der Waals surface area contributed by atoms with Crippen LogP contribution in [0.5, 0.6) is 5.75 Å². The molecule has 0 radical (unpaired) electrons. The molecule has 1 N–H and O–H groups in total. The van der Waals surface area contributed by atoms with Gasteiger partial charge in [0.25, 0.3) is 5.91 Å². The smallest absolute Gasteiger partial charge is 0.252 e. The summed E-state index contributed by atoms with van der Waals surface area (Å²) in [6.07, 6.45) is 3.16. The van der Waals surface area contributed by atoms with E-state index in [9.17, 15) is 4.79 Å². The van der Waals surface area contributed by atoms with Crippen LogP contribution in [-0.4, -0.2) is 24.5 Å². The maximum atomic E-state index is 11.7. The normalized spacial score (nSPS) is 9.25. The number of nitrogens with zero attached hydrogens (tertiary/aromatic N) is 1. The fourth-order valence-electron chi connectivity index (χ4n) is 1.62. The molecule has 0 aliphatic heterocycles. The maximum Gasteiger partial charge on any atom is 0.252 e. The van der Waals surface area contributed by atoms with Gasteiger partial charge in [-0.25, -0.2) is 0 Å². The van der Waals surface area contributed by atoms with Crippen LogP contribution in [0.2, 0.25) is 0 Å². The second-order valence-corrected chi connectivity index (χ2v) is 3.92. The maximum absolute atomic E-state index is 11.7. The largest absolute Gasteiger partial charge is 0.495 e. The van der Waals surface area contributed by atoms with Crippen molar-refractivity contribution in [3.8, 4) is 17.6 Å². The number of nitrogens with one attached hydrogen (secondary N) is 1. The number of carbonyl (C=O) groups excluding carboxylic acids is 1. The molecule has 1 heterocycles. The Bertz CT molecular complexity index is 642. The number of hydrogen-bond acceptors (Lipinski definition) is 3. The number of hydrogen-bond donors (Lipinski definition) is 1. The number of rotatable bonds is 3. The minimum absolute atomic E-state index is 0.165. The molecule has 0 bridgehead atoms. The average Bonchev–Trinajstić information content (AvgIpc) is 2.52. The molecule has 2 aromatic rings. The molecule has 0 aliphatic rings.